The maximum Gasteiger partial charge on any atom is 0.327 e. The molecule has 0 aliphatic carbocycles. The molecule has 1 aromatic carbocycles. The fourth-order valence-corrected chi connectivity index (χ4v) is 3.04. The first-order chi connectivity index (χ1) is 9.99. The van der Waals surface area contributed by atoms with Gasteiger partial charge < -0.3 is 15.7 Å². The average Bonchev–Trinajstić information content (AvgIpc) is 2.95. The molecule has 1 fully saturated rings. The van der Waals surface area contributed by atoms with Gasteiger partial charge >= 0.3 is 5.97 Å². The Morgan fingerprint density at radius 1 is 1.29 bits per heavy atom. The number of aliphatic carboxylic acids is 1. The van der Waals surface area contributed by atoms with Crippen molar-refractivity contribution in [2.75, 3.05) is 11.6 Å². The Balaban J connectivity index is 2.05. The summed E-state index contributed by atoms with van der Waals surface area (Å²) in [6, 6.07) is 5.69. The van der Waals surface area contributed by atoms with E-state index in [9.17, 15) is 14.4 Å². The zero-order valence-corrected chi connectivity index (χ0v) is 11.9. The number of carbonyl (C=O) groups is 3. The third kappa shape index (κ3) is 3.63. The number of hydrogen-bond acceptors (Lipinski definition) is 4. The summed E-state index contributed by atoms with van der Waals surface area (Å²) in [5.41, 5.74) is 6.25. The summed E-state index contributed by atoms with van der Waals surface area (Å²) >= 11 is 1.41. The van der Waals surface area contributed by atoms with Crippen molar-refractivity contribution in [2.24, 2.45) is 5.73 Å². The lowest BCUT2D eigenvalue weighted by Crippen LogP contribution is -2.40. The van der Waals surface area contributed by atoms with E-state index in [4.69, 9.17) is 10.8 Å². The van der Waals surface area contributed by atoms with Crippen LogP contribution in [0.3, 0.4) is 0 Å². The van der Waals surface area contributed by atoms with E-state index >= 15 is 0 Å². The standard InChI is InChI=1S/C14H14N2O4S/c15-13(18)10-4-1-9(2-5-10)3-6-12(17)16-8-21-7-11(16)14(19)20/h1-6,11H,7-8H2,(H2,15,18)(H,19,20)/b6-3+. The number of benzene rings is 1. The molecule has 1 aliphatic heterocycles. The number of carbonyl (C=O) groups excluding carboxylic acids is 2. The lowest BCUT2D eigenvalue weighted by atomic mass is 10.1. The average molecular weight is 306 g/mol. The molecule has 6 nitrogen and oxygen atoms in total. The van der Waals surface area contributed by atoms with Crippen molar-refractivity contribution in [1.82, 2.24) is 4.90 Å². The van der Waals surface area contributed by atoms with Gasteiger partial charge in [-0.1, -0.05) is 12.1 Å². The Kier molecular flexibility index (Phi) is 4.64. The maximum absolute atomic E-state index is 12.0. The number of rotatable bonds is 4. The van der Waals surface area contributed by atoms with Crippen LogP contribution in [0.1, 0.15) is 15.9 Å². The van der Waals surface area contributed by atoms with Crippen molar-refractivity contribution in [3.63, 3.8) is 0 Å². The SMILES string of the molecule is NC(=O)c1ccc(/C=C/C(=O)N2CSCC2C(=O)O)cc1. The van der Waals surface area contributed by atoms with Gasteiger partial charge in [-0.3, -0.25) is 9.59 Å². The molecule has 0 bridgehead atoms. The molecule has 1 saturated heterocycles. The van der Waals surface area contributed by atoms with Gasteiger partial charge in [-0.25, -0.2) is 4.79 Å². The molecule has 21 heavy (non-hydrogen) atoms. The summed E-state index contributed by atoms with van der Waals surface area (Å²) in [5, 5.41) is 9.03. The van der Waals surface area contributed by atoms with Crippen molar-refractivity contribution in [1.29, 1.82) is 0 Å². The largest absolute Gasteiger partial charge is 0.480 e. The molecule has 0 radical (unpaired) electrons. The van der Waals surface area contributed by atoms with E-state index in [2.05, 4.69) is 0 Å². The minimum atomic E-state index is -0.993. The summed E-state index contributed by atoms with van der Waals surface area (Å²) in [4.78, 5) is 35.3. The molecule has 1 heterocycles. The van der Waals surface area contributed by atoms with E-state index < -0.39 is 17.9 Å². The van der Waals surface area contributed by atoms with Gasteiger partial charge in [0.25, 0.3) is 0 Å². The van der Waals surface area contributed by atoms with Crippen LogP contribution >= 0.6 is 11.8 Å². The molecule has 1 aliphatic rings. The molecule has 0 saturated carbocycles. The van der Waals surface area contributed by atoms with Crippen LogP contribution in [-0.4, -0.2) is 45.5 Å². The van der Waals surface area contributed by atoms with Crippen molar-refractivity contribution in [3.05, 3.63) is 41.5 Å². The van der Waals surface area contributed by atoms with E-state index in [1.54, 1.807) is 30.3 Å². The summed E-state index contributed by atoms with van der Waals surface area (Å²) in [5.74, 6) is -1.07. The number of nitrogens with two attached hydrogens (primary N) is 1. The monoisotopic (exact) mass is 306 g/mol. The normalized spacial score (nSPS) is 18.1. The highest BCUT2D eigenvalue weighted by Crippen LogP contribution is 2.21. The Bertz CT molecular complexity index is 597. The summed E-state index contributed by atoms with van der Waals surface area (Å²) < 4.78 is 0. The highest BCUT2D eigenvalue weighted by molar-refractivity contribution is 7.99. The van der Waals surface area contributed by atoms with Gasteiger partial charge in [0.15, 0.2) is 0 Å². The zero-order valence-electron chi connectivity index (χ0n) is 11.1. The van der Waals surface area contributed by atoms with Crippen molar-refractivity contribution >= 4 is 35.6 Å². The number of nitrogens with zero attached hydrogens (tertiary/aromatic N) is 1. The Morgan fingerprint density at radius 3 is 2.52 bits per heavy atom. The van der Waals surface area contributed by atoms with Crippen LogP contribution in [0.4, 0.5) is 0 Å². The minimum Gasteiger partial charge on any atom is -0.480 e. The van der Waals surface area contributed by atoms with E-state index in [-0.39, 0.29) is 5.91 Å². The lowest BCUT2D eigenvalue weighted by Gasteiger charge is -2.18. The maximum atomic E-state index is 12.0. The fraction of sp³-hybridized carbons (Fsp3) is 0.214. The fourth-order valence-electron chi connectivity index (χ4n) is 1.89. The van der Waals surface area contributed by atoms with Gasteiger partial charge in [-0.2, -0.15) is 0 Å². The third-order valence-corrected chi connectivity index (χ3v) is 4.08. The summed E-state index contributed by atoms with van der Waals surface area (Å²) in [7, 11) is 0. The lowest BCUT2D eigenvalue weighted by molar-refractivity contribution is -0.146. The molecule has 0 aromatic heterocycles. The van der Waals surface area contributed by atoms with Gasteiger partial charge in [0, 0.05) is 17.4 Å². The second-order valence-electron chi connectivity index (χ2n) is 4.48. The van der Waals surface area contributed by atoms with Gasteiger partial charge in [0.05, 0.1) is 5.88 Å². The van der Waals surface area contributed by atoms with Crippen LogP contribution in [0.15, 0.2) is 30.3 Å². The summed E-state index contributed by atoms with van der Waals surface area (Å²) in [6.07, 6.45) is 2.91. The second kappa shape index (κ2) is 6.45. The molecule has 1 aromatic rings. The number of carboxylic acids is 1. The smallest absolute Gasteiger partial charge is 0.327 e. The van der Waals surface area contributed by atoms with Gasteiger partial charge in [0.1, 0.15) is 6.04 Å². The third-order valence-electron chi connectivity index (χ3n) is 3.06. The van der Waals surface area contributed by atoms with E-state index in [0.717, 1.165) is 5.56 Å². The molecule has 0 spiro atoms. The van der Waals surface area contributed by atoms with Crippen molar-refractivity contribution in [2.45, 2.75) is 6.04 Å². The van der Waals surface area contributed by atoms with Crippen molar-refractivity contribution < 1.29 is 19.5 Å². The Morgan fingerprint density at radius 2 is 1.95 bits per heavy atom. The van der Waals surface area contributed by atoms with Gasteiger partial charge in [0.2, 0.25) is 11.8 Å². The Labute approximate surface area is 125 Å². The van der Waals surface area contributed by atoms with Crippen LogP contribution < -0.4 is 5.73 Å². The van der Waals surface area contributed by atoms with Crippen LogP contribution in [0.25, 0.3) is 6.08 Å². The number of thioether (sulfide) groups is 1. The van der Waals surface area contributed by atoms with Gasteiger partial charge in [-0.05, 0) is 23.8 Å². The first kappa shape index (κ1) is 15.1. The zero-order chi connectivity index (χ0) is 15.4. The van der Waals surface area contributed by atoms with Crippen LogP contribution in [0.2, 0.25) is 0 Å². The highest BCUT2D eigenvalue weighted by Gasteiger charge is 2.33. The van der Waals surface area contributed by atoms with E-state index in [1.165, 1.54) is 22.7 Å². The first-order valence-corrected chi connectivity index (χ1v) is 7.33. The van der Waals surface area contributed by atoms with Crippen LogP contribution in [-0.2, 0) is 9.59 Å². The van der Waals surface area contributed by atoms with E-state index in [0.29, 0.717) is 17.2 Å². The quantitative estimate of drug-likeness (QED) is 0.801. The highest BCUT2D eigenvalue weighted by atomic mass is 32.2. The predicted molar refractivity (Wildman–Crippen MR) is 79.6 cm³/mol. The van der Waals surface area contributed by atoms with Crippen LogP contribution in [0.5, 0.6) is 0 Å². The van der Waals surface area contributed by atoms with Crippen molar-refractivity contribution in [3.8, 4) is 0 Å². The molecule has 7 heteroatoms. The van der Waals surface area contributed by atoms with E-state index in [1.807, 2.05) is 0 Å². The first-order valence-electron chi connectivity index (χ1n) is 6.18. The predicted octanol–water partition coefficient (Wildman–Crippen LogP) is 0.785. The molecule has 2 rings (SSSR count). The number of carboxylic acid groups (broad SMARTS) is 1. The second-order valence-corrected chi connectivity index (χ2v) is 5.48. The molecular formula is C14H14N2O4S. The molecule has 1 atom stereocenters. The topological polar surface area (TPSA) is 101 Å². The molecule has 2 amide bonds. The van der Waals surface area contributed by atoms with Crippen LogP contribution in [0, 0.1) is 0 Å². The number of amides is 2. The van der Waals surface area contributed by atoms with Gasteiger partial charge in [-0.15, -0.1) is 11.8 Å². The minimum absolute atomic E-state index is 0.341. The number of hydrogen-bond donors (Lipinski definition) is 2. The number of primary amides is 1. The molecular weight excluding hydrogens is 292 g/mol. The molecule has 3 N–H and O–H groups in total. The molecule has 110 valence electrons. The Hall–Kier alpha value is -2.28. The molecule has 1 unspecified atom stereocenters. The summed E-state index contributed by atoms with van der Waals surface area (Å²) in [6.45, 7) is 0.